The first-order valence-corrected chi connectivity index (χ1v) is 7.67. The van der Waals surface area contributed by atoms with Crippen molar-refractivity contribution in [3.05, 3.63) is 47.9 Å². The summed E-state index contributed by atoms with van der Waals surface area (Å²) in [5.41, 5.74) is 3.65. The minimum atomic E-state index is 0.560. The highest BCUT2D eigenvalue weighted by atomic mass is 32.2. The molecule has 2 rings (SSSR count). The molecule has 0 saturated heterocycles. The first kappa shape index (κ1) is 14.8. The van der Waals surface area contributed by atoms with Crippen LogP contribution < -0.4 is 11.3 Å². The fourth-order valence-electron chi connectivity index (χ4n) is 1.88. The number of hydrogen-bond acceptors (Lipinski definition) is 5. The average molecular weight is 288 g/mol. The zero-order valence-corrected chi connectivity index (χ0v) is 12.7. The van der Waals surface area contributed by atoms with Gasteiger partial charge >= 0.3 is 0 Å². The summed E-state index contributed by atoms with van der Waals surface area (Å²) in [7, 11) is 0. The molecule has 20 heavy (non-hydrogen) atoms. The molecule has 0 unspecified atom stereocenters. The Hall–Kier alpha value is -1.59. The molecular weight excluding hydrogens is 268 g/mol. The van der Waals surface area contributed by atoms with Crippen molar-refractivity contribution in [1.82, 2.24) is 9.97 Å². The van der Waals surface area contributed by atoms with Gasteiger partial charge in [-0.15, -0.1) is 11.8 Å². The van der Waals surface area contributed by atoms with Crippen molar-refractivity contribution in [2.24, 2.45) is 11.8 Å². The third-order valence-corrected chi connectivity index (χ3v) is 3.71. The number of nitrogens with one attached hydrogen (secondary N) is 1. The van der Waals surface area contributed by atoms with E-state index in [0.29, 0.717) is 11.7 Å². The lowest BCUT2D eigenvalue weighted by Gasteiger charge is -2.09. The van der Waals surface area contributed by atoms with E-state index in [2.05, 4.69) is 41.4 Å². The Kier molecular flexibility index (Phi) is 5.38. The quantitative estimate of drug-likeness (QED) is 0.485. The molecule has 0 aliphatic heterocycles. The van der Waals surface area contributed by atoms with Gasteiger partial charge in [0.05, 0.1) is 5.75 Å². The molecule has 4 nitrogen and oxygen atoms in total. The highest BCUT2D eigenvalue weighted by Gasteiger charge is 2.06. The van der Waals surface area contributed by atoms with Crippen LogP contribution in [0.5, 0.6) is 0 Å². The second kappa shape index (κ2) is 7.26. The molecule has 0 atom stereocenters. The SMILES string of the molecule is CC(C)Cc1cc(NN)nc(CSc2ccccc2)n1. The largest absolute Gasteiger partial charge is 0.308 e. The highest BCUT2D eigenvalue weighted by molar-refractivity contribution is 7.98. The molecule has 1 aromatic heterocycles. The molecule has 1 heterocycles. The number of hydrazine groups is 1. The van der Waals surface area contributed by atoms with Crippen molar-refractivity contribution in [2.75, 3.05) is 5.43 Å². The Morgan fingerprint density at radius 2 is 1.95 bits per heavy atom. The zero-order valence-electron chi connectivity index (χ0n) is 11.8. The number of nitrogens with zero attached hydrogens (tertiary/aromatic N) is 2. The van der Waals surface area contributed by atoms with Gasteiger partial charge in [-0.25, -0.2) is 15.8 Å². The molecule has 2 aromatic rings. The van der Waals surface area contributed by atoms with Gasteiger partial charge in [0.25, 0.3) is 0 Å². The van der Waals surface area contributed by atoms with Gasteiger partial charge in [-0.2, -0.15) is 0 Å². The summed E-state index contributed by atoms with van der Waals surface area (Å²) in [4.78, 5) is 10.2. The summed E-state index contributed by atoms with van der Waals surface area (Å²) in [5.74, 6) is 8.27. The molecule has 0 radical (unpaired) electrons. The van der Waals surface area contributed by atoms with Crippen LogP contribution in [0, 0.1) is 5.92 Å². The van der Waals surface area contributed by atoms with Crippen LogP contribution in [0.4, 0.5) is 5.82 Å². The lowest BCUT2D eigenvalue weighted by atomic mass is 10.1. The Morgan fingerprint density at radius 3 is 2.60 bits per heavy atom. The Labute approximate surface area is 124 Å². The van der Waals surface area contributed by atoms with E-state index in [0.717, 1.165) is 23.7 Å². The molecule has 0 amide bonds. The fourth-order valence-corrected chi connectivity index (χ4v) is 2.65. The lowest BCUT2D eigenvalue weighted by Crippen LogP contribution is -2.12. The second-order valence-electron chi connectivity index (χ2n) is 5.00. The summed E-state index contributed by atoms with van der Waals surface area (Å²) in [6.07, 6.45) is 0.931. The van der Waals surface area contributed by atoms with Gasteiger partial charge in [-0.05, 0) is 24.5 Å². The molecular formula is C15H20N4S. The fraction of sp³-hybridized carbons (Fsp3) is 0.333. The third kappa shape index (κ3) is 4.51. The number of nitrogen functional groups attached to an aromatic ring is 1. The smallest absolute Gasteiger partial charge is 0.143 e. The van der Waals surface area contributed by atoms with Gasteiger partial charge in [0.1, 0.15) is 11.6 Å². The van der Waals surface area contributed by atoms with Gasteiger partial charge in [0.15, 0.2) is 0 Å². The van der Waals surface area contributed by atoms with Crippen LogP contribution in [0.1, 0.15) is 25.4 Å². The van der Waals surface area contributed by atoms with Crippen molar-refractivity contribution in [3.63, 3.8) is 0 Å². The standard InChI is InChI=1S/C15H20N4S/c1-11(2)8-12-9-14(19-16)18-15(17-12)10-20-13-6-4-3-5-7-13/h3-7,9,11H,8,10,16H2,1-2H3,(H,17,18,19). The average Bonchev–Trinajstić information content (AvgIpc) is 2.45. The van der Waals surface area contributed by atoms with Crippen molar-refractivity contribution >= 4 is 17.6 Å². The van der Waals surface area contributed by atoms with E-state index >= 15 is 0 Å². The highest BCUT2D eigenvalue weighted by Crippen LogP contribution is 2.21. The van der Waals surface area contributed by atoms with Crippen LogP contribution in [-0.4, -0.2) is 9.97 Å². The normalized spacial score (nSPS) is 10.8. The number of thioether (sulfide) groups is 1. The summed E-state index contributed by atoms with van der Waals surface area (Å²) in [5, 5.41) is 0. The van der Waals surface area contributed by atoms with E-state index in [1.54, 1.807) is 11.8 Å². The van der Waals surface area contributed by atoms with Crippen LogP contribution >= 0.6 is 11.8 Å². The predicted octanol–water partition coefficient (Wildman–Crippen LogP) is 3.25. The first-order chi connectivity index (χ1) is 9.67. The van der Waals surface area contributed by atoms with Crippen molar-refractivity contribution in [3.8, 4) is 0 Å². The third-order valence-electron chi connectivity index (χ3n) is 2.70. The van der Waals surface area contributed by atoms with Crippen LogP contribution in [0.15, 0.2) is 41.3 Å². The van der Waals surface area contributed by atoms with Crippen molar-refractivity contribution in [2.45, 2.75) is 30.9 Å². The molecule has 0 aliphatic rings. The molecule has 0 saturated carbocycles. The summed E-state index contributed by atoms with van der Waals surface area (Å²) >= 11 is 1.73. The maximum atomic E-state index is 5.48. The minimum Gasteiger partial charge on any atom is -0.308 e. The second-order valence-corrected chi connectivity index (χ2v) is 6.05. The van der Waals surface area contributed by atoms with Gasteiger partial charge in [-0.3, -0.25) is 0 Å². The van der Waals surface area contributed by atoms with Gasteiger partial charge in [-0.1, -0.05) is 32.0 Å². The lowest BCUT2D eigenvalue weighted by molar-refractivity contribution is 0.632. The Morgan fingerprint density at radius 1 is 1.20 bits per heavy atom. The van der Waals surface area contributed by atoms with Crippen molar-refractivity contribution < 1.29 is 0 Å². The summed E-state index contributed by atoms with van der Waals surface area (Å²) in [6, 6.07) is 12.2. The Bertz CT molecular complexity index is 543. The predicted molar refractivity (Wildman–Crippen MR) is 84.4 cm³/mol. The molecule has 0 aliphatic carbocycles. The molecule has 106 valence electrons. The molecule has 0 bridgehead atoms. The van der Waals surface area contributed by atoms with E-state index in [-0.39, 0.29) is 0 Å². The van der Waals surface area contributed by atoms with Crippen LogP contribution in [-0.2, 0) is 12.2 Å². The molecule has 1 aromatic carbocycles. The summed E-state index contributed by atoms with van der Waals surface area (Å²) < 4.78 is 0. The maximum Gasteiger partial charge on any atom is 0.143 e. The Balaban J connectivity index is 2.10. The van der Waals surface area contributed by atoms with Crippen LogP contribution in [0.25, 0.3) is 0 Å². The van der Waals surface area contributed by atoms with E-state index in [9.17, 15) is 0 Å². The van der Waals surface area contributed by atoms with E-state index in [1.165, 1.54) is 4.90 Å². The molecule has 5 heteroatoms. The monoisotopic (exact) mass is 288 g/mol. The summed E-state index contributed by atoms with van der Waals surface area (Å²) in [6.45, 7) is 4.35. The number of nitrogens with two attached hydrogens (primary N) is 1. The van der Waals surface area contributed by atoms with E-state index in [1.807, 2.05) is 24.3 Å². The molecule has 0 fully saturated rings. The van der Waals surface area contributed by atoms with Crippen LogP contribution in [0.3, 0.4) is 0 Å². The van der Waals surface area contributed by atoms with Crippen molar-refractivity contribution in [1.29, 1.82) is 0 Å². The number of anilines is 1. The number of aromatic nitrogens is 2. The molecule has 0 spiro atoms. The van der Waals surface area contributed by atoms with Gasteiger partial charge in [0.2, 0.25) is 0 Å². The maximum absolute atomic E-state index is 5.48. The van der Waals surface area contributed by atoms with Gasteiger partial charge < -0.3 is 5.43 Å². The number of benzene rings is 1. The number of hydrogen-bond donors (Lipinski definition) is 2. The van der Waals surface area contributed by atoms with E-state index < -0.39 is 0 Å². The minimum absolute atomic E-state index is 0.560. The van der Waals surface area contributed by atoms with Gasteiger partial charge in [0, 0.05) is 16.7 Å². The van der Waals surface area contributed by atoms with E-state index in [4.69, 9.17) is 5.84 Å². The number of rotatable bonds is 6. The zero-order chi connectivity index (χ0) is 14.4. The molecule has 3 N–H and O–H groups in total. The topological polar surface area (TPSA) is 63.8 Å². The van der Waals surface area contributed by atoms with Crippen LogP contribution in [0.2, 0.25) is 0 Å². The first-order valence-electron chi connectivity index (χ1n) is 6.68.